The summed E-state index contributed by atoms with van der Waals surface area (Å²) < 4.78 is 38.1. The van der Waals surface area contributed by atoms with Crippen LogP contribution < -0.4 is 9.47 Å². The number of pyridine rings is 2. The van der Waals surface area contributed by atoms with Crippen molar-refractivity contribution in [3.63, 3.8) is 0 Å². The molecule has 5 rings (SSSR count). The summed E-state index contributed by atoms with van der Waals surface area (Å²) in [7, 11) is 1.58. The molecule has 0 saturated heterocycles. The number of rotatable bonds is 8. The number of nitrogens with zero attached hydrogens (tertiary/aromatic N) is 4. The van der Waals surface area contributed by atoms with Crippen molar-refractivity contribution in [3.05, 3.63) is 102 Å². The molecule has 0 unspecified atom stereocenters. The highest BCUT2D eigenvalue weighted by Crippen LogP contribution is 2.29. The third-order valence-electron chi connectivity index (χ3n) is 5.73. The van der Waals surface area contributed by atoms with E-state index in [4.69, 9.17) is 14.5 Å². The number of ether oxygens (including phenoxy) is 2. The molecule has 35 heavy (non-hydrogen) atoms. The molecule has 0 N–H and O–H groups in total. The standard InChI is InChI=1S/C27H22F2N4O2/c1-34-26-9-7-20(16-31-26)19-6-8-22-23(15-19)33(25(32-22)14-18-10-12-30-13-11-18)17-21-4-2-3-5-24(21)35-27(28)29/h2-13,15-16,27H,14,17H2,1H3. The van der Waals surface area contributed by atoms with E-state index in [1.54, 1.807) is 43.9 Å². The Morgan fingerprint density at radius 2 is 1.74 bits per heavy atom. The van der Waals surface area contributed by atoms with Crippen LogP contribution >= 0.6 is 0 Å². The second-order valence-electron chi connectivity index (χ2n) is 7.93. The molecule has 0 saturated carbocycles. The molecule has 5 aromatic rings. The average molecular weight is 472 g/mol. The lowest BCUT2D eigenvalue weighted by molar-refractivity contribution is -0.0504. The van der Waals surface area contributed by atoms with E-state index in [1.807, 2.05) is 53.1 Å². The fourth-order valence-electron chi connectivity index (χ4n) is 4.03. The van der Waals surface area contributed by atoms with Gasteiger partial charge in [-0.25, -0.2) is 9.97 Å². The fourth-order valence-corrected chi connectivity index (χ4v) is 4.03. The van der Waals surface area contributed by atoms with E-state index in [2.05, 4.69) is 9.97 Å². The molecule has 0 aliphatic heterocycles. The normalized spacial score (nSPS) is 11.2. The Labute approximate surface area is 200 Å². The molecule has 0 atom stereocenters. The van der Waals surface area contributed by atoms with E-state index in [-0.39, 0.29) is 5.75 Å². The van der Waals surface area contributed by atoms with Gasteiger partial charge in [0, 0.05) is 42.2 Å². The zero-order valence-corrected chi connectivity index (χ0v) is 18.9. The van der Waals surface area contributed by atoms with Crippen LogP contribution in [0.5, 0.6) is 11.6 Å². The lowest BCUT2D eigenvalue weighted by Gasteiger charge is -2.14. The highest BCUT2D eigenvalue weighted by atomic mass is 19.3. The number of imidazole rings is 1. The maximum absolute atomic E-state index is 13.0. The van der Waals surface area contributed by atoms with Crippen molar-refractivity contribution in [2.24, 2.45) is 0 Å². The lowest BCUT2D eigenvalue weighted by Crippen LogP contribution is -2.09. The Balaban J connectivity index is 1.61. The maximum atomic E-state index is 13.0. The van der Waals surface area contributed by atoms with Crippen molar-refractivity contribution in [1.82, 2.24) is 19.5 Å². The first kappa shape index (κ1) is 22.5. The van der Waals surface area contributed by atoms with Crippen LogP contribution in [0.2, 0.25) is 0 Å². The number of fused-ring (bicyclic) bond motifs is 1. The molecule has 6 nitrogen and oxygen atoms in total. The third kappa shape index (κ3) is 4.96. The van der Waals surface area contributed by atoms with Crippen LogP contribution in [0, 0.1) is 0 Å². The lowest BCUT2D eigenvalue weighted by atomic mass is 10.1. The van der Waals surface area contributed by atoms with Gasteiger partial charge in [0.2, 0.25) is 5.88 Å². The SMILES string of the molecule is COc1ccc(-c2ccc3nc(Cc4ccncc4)n(Cc4ccccc4OC(F)F)c3c2)cn1. The quantitative estimate of drug-likeness (QED) is 0.288. The van der Waals surface area contributed by atoms with Crippen molar-refractivity contribution in [3.8, 4) is 22.8 Å². The summed E-state index contributed by atoms with van der Waals surface area (Å²) in [5.41, 5.74) is 5.27. The van der Waals surface area contributed by atoms with Crippen LogP contribution in [-0.2, 0) is 13.0 Å². The van der Waals surface area contributed by atoms with E-state index < -0.39 is 6.61 Å². The maximum Gasteiger partial charge on any atom is 0.387 e. The molecule has 0 aliphatic carbocycles. The molecule has 8 heteroatoms. The molecule has 0 radical (unpaired) electrons. The van der Waals surface area contributed by atoms with Crippen LogP contribution in [0.4, 0.5) is 8.78 Å². The molecular formula is C27H22F2N4O2. The average Bonchev–Trinajstić information content (AvgIpc) is 3.21. The van der Waals surface area contributed by atoms with Gasteiger partial charge in [-0.15, -0.1) is 0 Å². The zero-order valence-electron chi connectivity index (χ0n) is 18.9. The van der Waals surface area contributed by atoms with E-state index in [1.165, 1.54) is 0 Å². The Bertz CT molecular complexity index is 1440. The summed E-state index contributed by atoms with van der Waals surface area (Å²) in [4.78, 5) is 13.3. The van der Waals surface area contributed by atoms with Crippen molar-refractivity contribution in [2.45, 2.75) is 19.6 Å². The molecule has 0 amide bonds. The van der Waals surface area contributed by atoms with Crippen LogP contribution in [0.25, 0.3) is 22.2 Å². The smallest absolute Gasteiger partial charge is 0.387 e. The van der Waals surface area contributed by atoms with Gasteiger partial charge in [0.1, 0.15) is 11.6 Å². The van der Waals surface area contributed by atoms with Gasteiger partial charge in [-0.3, -0.25) is 4.98 Å². The predicted molar refractivity (Wildman–Crippen MR) is 129 cm³/mol. The van der Waals surface area contributed by atoms with E-state index in [9.17, 15) is 8.78 Å². The van der Waals surface area contributed by atoms with E-state index in [0.717, 1.165) is 33.5 Å². The summed E-state index contributed by atoms with van der Waals surface area (Å²) in [6.07, 6.45) is 5.80. The largest absolute Gasteiger partial charge is 0.481 e. The topological polar surface area (TPSA) is 62.1 Å². The number of alkyl halides is 2. The molecule has 176 valence electrons. The number of para-hydroxylation sites is 1. The Morgan fingerprint density at radius 3 is 2.49 bits per heavy atom. The Morgan fingerprint density at radius 1 is 0.943 bits per heavy atom. The Hall–Kier alpha value is -4.33. The van der Waals surface area contributed by atoms with Crippen molar-refractivity contribution in [1.29, 1.82) is 0 Å². The van der Waals surface area contributed by atoms with Gasteiger partial charge in [-0.2, -0.15) is 8.78 Å². The summed E-state index contributed by atoms with van der Waals surface area (Å²) in [5, 5.41) is 0. The second kappa shape index (κ2) is 9.89. The van der Waals surface area contributed by atoms with Gasteiger partial charge >= 0.3 is 6.61 Å². The molecule has 0 aliphatic rings. The first-order valence-corrected chi connectivity index (χ1v) is 11.0. The number of halogens is 2. The minimum atomic E-state index is -2.90. The molecule has 0 bridgehead atoms. The van der Waals surface area contributed by atoms with E-state index in [0.29, 0.717) is 24.4 Å². The summed E-state index contributed by atoms with van der Waals surface area (Å²) in [6.45, 7) is -2.58. The van der Waals surface area contributed by atoms with Crippen molar-refractivity contribution in [2.75, 3.05) is 7.11 Å². The molecular weight excluding hydrogens is 450 g/mol. The Kier molecular flexibility index (Phi) is 6.34. The molecule has 3 aromatic heterocycles. The van der Waals surface area contributed by atoms with Gasteiger partial charge in [-0.05, 0) is 47.5 Å². The number of hydrogen-bond donors (Lipinski definition) is 0. The second-order valence-corrected chi connectivity index (χ2v) is 7.93. The zero-order chi connectivity index (χ0) is 24.2. The monoisotopic (exact) mass is 472 g/mol. The summed E-state index contributed by atoms with van der Waals surface area (Å²) in [5.74, 6) is 1.49. The van der Waals surface area contributed by atoms with Gasteiger partial charge in [0.15, 0.2) is 0 Å². The van der Waals surface area contributed by atoms with Crippen LogP contribution in [-0.4, -0.2) is 33.2 Å². The fraction of sp³-hybridized carbons (Fsp3) is 0.148. The molecule has 3 heterocycles. The van der Waals surface area contributed by atoms with Gasteiger partial charge in [-0.1, -0.05) is 24.3 Å². The number of hydrogen-bond acceptors (Lipinski definition) is 5. The molecule has 0 spiro atoms. The molecule has 2 aromatic carbocycles. The van der Waals surface area contributed by atoms with Crippen LogP contribution in [0.1, 0.15) is 17.0 Å². The number of methoxy groups -OCH3 is 1. The van der Waals surface area contributed by atoms with Gasteiger partial charge in [0.05, 0.1) is 24.7 Å². The summed E-state index contributed by atoms with van der Waals surface area (Å²) >= 11 is 0. The van der Waals surface area contributed by atoms with Gasteiger partial charge < -0.3 is 14.0 Å². The van der Waals surface area contributed by atoms with Gasteiger partial charge in [0.25, 0.3) is 0 Å². The highest BCUT2D eigenvalue weighted by Gasteiger charge is 2.16. The predicted octanol–water partition coefficient (Wildman–Crippen LogP) is 5.74. The third-order valence-corrected chi connectivity index (χ3v) is 5.73. The van der Waals surface area contributed by atoms with Crippen LogP contribution in [0.15, 0.2) is 85.3 Å². The number of aromatic nitrogens is 4. The minimum absolute atomic E-state index is 0.148. The van der Waals surface area contributed by atoms with Crippen molar-refractivity contribution < 1.29 is 18.3 Å². The van der Waals surface area contributed by atoms with Crippen LogP contribution in [0.3, 0.4) is 0 Å². The summed E-state index contributed by atoms with van der Waals surface area (Å²) in [6, 6.07) is 20.5. The number of benzene rings is 2. The first-order chi connectivity index (χ1) is 17.1. The first-order valence-electron chi connectivity index (χ1n) is 11.0. The van der Waals surface area contributed by atoms with Crippen molar-refractivity contribution >= 4 is 11.0 Å². The molecule has 0 fully saturated rings. The minimum Gasteiger partial charge on any atom is -0.481 e. The highest BCUT2D eigenvalue weighted by molar-refractivity contribution is 5.83. The van der Waals surface area contributed by atoms with E-state index >= 15 is 0 Å².